The minimum atomic E-state index is -0.299. The van der Waals surface area contributed by atoms with E-state index >= 15 is 0 Å². The lowest BCUT2D eigenvalue weighted by atomic mass is 10.0. The first kappa shape index (κ1) is 12.1. The summed E-state index contributed by atoms with van der Waals surface area (Å²) in [5.41, 5.74) is 2.24. The number of hydrogen-bond donors (Lipinski definition) is 0. The Kier molecular flexibility index (Phi) is 3.43. The minimum absolute atomic E-state index is 0.0811. The van der Waals surface area contributed by atoms with Gasteiger partial charge in [-0.3, -0.25) is 4.79 Å². The van der Waals surface area contributed by atoms with Crippen LogP contribution in [0, 0.1) is 0 Å². The zero-order valence-corrected chi connectivity index (χ0v) is 10.7. The Bertz CT molecular complexity index is 548. The molecule has 19 heavy (non-hydrogen) atoms. The van der Waals surface area contributed by atoms with Crippen molar-refractivity contribution < 1.29 is 9.53 Å². The Balaban J connectivity index is 1.71. The number of ether oxygens (including phenoxy) is 1. The van der Waals surface area contributed by atoms with E-state index < -0.39 is 0 Å². The summed E-state index contributed by atoms with van der Waals surface area (Å²) >= 11 is 0. The molecule has 2 nitrogen and oxygen atoms in total. The normalized spacial score (nSPS) is 22.6. The molecule has 0 aliphatic carbocycles. The Hall–Kier alpha value is -1.93. The van der Waals surface area contributed by atoms with Crippen LogP contribution >= 0.6 is 0 Å². The Morgan fingerprint density at radius 2 is 1.58 bits per heavy atom. The van der Waals surface area contributed by atoms with E-state index in [2.05, 4.69) is 0 Å². The molecule has 0 radical (unpaired) electrons. The van der Waals surface area contributed by atoms with Crippen molar-refractivity contribution in [1.82, 2.24) is 0 Å². The van der Waals surface area contributed by atoms with Crippen LogP contribution in [-0.2, 0) is 16.0 Å². The van der Waals surface area contributed by atoms with Gasteiger partial charge in [0, 0.05) is 12.8 Å². The monoisotopic (exact) mass is 252 g/mol. The zero-order chi connectivity index (χ0) is 13.1. The van der Waals surface area contributed by atoms with Gasteiger partial charge in [-0.1, -0.05) is 60.7 Å². The SMILES string of the molecule is O=C1C[C@@H](c2ccccc2)O[C@H]1Cc1ccccc1. The number of ketones is 1. The molecule has 1 heterocycles. The lowest BCUT2D eigenvalue weighted by Gasteiger charge is -2.12. The minimum Gasteiger partial charge on any atom is -0.362 e. The van der Waals surface area contributed by atoms with Gasteiger partial charge in [0.2, 0.25) is 0 Å². The number of benzene rings is 2. The van der Waals surface area contributed by atoms with Gasteiger partial charge >= 0.3 is 0 Å². The molecule has 1 fully saturated rings. The molecule has 96 valence electrons. The number of hydrogen-bond acceptors (Lipinski definition) is 2. The molecule has 1 aliphatic rings. The molecule has 2 heteroatoms. The third kappa shape index (κ3) is 2.74. The third-order valence-electron chi connectivity index (χ3n) is 3.51. The highest BCUT2D eigenvalue weighted by atomic mass is 16.5. The Morgan fingerprint density at radius 3 is 2.26 bits per heavy atom. The lowest BCUT2D eigenvalue weighted by Crippen LogP contribution is -2.18. The van der Waals surface area contributed by atoms with Gasteiger partial charge in [-0.05, 0) is 11.1 Å². The topological polar surface area (TPSA) is 26.3 Å². The van der Waals surface area contributed by atoms with E-state index in [-0.39, 0.29) is 18.0 Å². The highest BCUT2D eigenvalue weighted by Crippen LogP contribution is 2.31. The zero-order valence-electron chi connectivity index (χ0n) is 10.7. The Morgan fingerprint density at radius 1 is 0.947 bits per heavy atom. The maximum absolute atomic E-state index is 12.0. The Labute approximate surface area is 113 Å². The molecule has 1 saturated heterocycles. The van der Waals surface area contributed by atoms with Crippen LogP contribution < -0.4 is 0 Å². The summed E-state index contributed by atoms with van der Waals surface area (Å²) in [5.74, 6) is 0.206. The molecule has 0 saturated carbocycles. The van der Waals surface area contributed by atoms with Crippen molar-refractivity contribution in [3.05, 3.63) is 71.8 Å². The van der Waals surface area contributed by atoms with Gasteiger partial charge in [0.15, 0.2) is 5.78 Å². The largest absolute Gasteiger partial charge is 0.362 e. The second-order valence-electron chi connectivity index (χ2n) is 4.88. The van der Waals surface area contributed by atoms with E-state index in [1.165, 1.54) is 0 Å². The smallest absolute Gasteiger partial charge is 0.164 e. The predicted molar refractivity (Wildman–Crippen MR) is 73.8 cm³/mol. The fraction of sp³-hybridized carbons (Fsp3) is 0.235. The van der Waals surface area contributed by atoms with Crippen LogP contribution in [0.3, 0.4) is 0 Å². The molecule has 0 bridgehead atoms. The average Bonchev–Trinajstić information content (AvgIpc) is 2.82. The fourth-order valence-corrected chi connectivity index (χ4v) is 2.49. The quantitative estimate of drug-likeness (QED) is 0.837. The molecular weight excluding hydrogens is 236 g/mol. The number of Topliss-reactive ketones (excluding diaryl/α,β-unsaturated/α-hetero) is 1. The first-order valence-corrected chi connectivity index (χ1v) is 6.60. The number of rotatable bonds is 3. The van der Waals surface area contributed by atoms with Crippen LogP contribution in [0.25, 0.3) is 0 Å². The molecule has 2 atom stereocenters. The first-order chi connectivity index (χ1) is 9.33. The van der Waals surface area contributed by atoms with E-state index in [1.54, 1.807) is 0 Å². The molecule has 0 aromatic heterocycles. The van der Waals surface area contributed by atoms with Crippen molar-refractivity contribution in [3.63, 3.8) is 0 Å². The van der Waals surface area contributed by atoms with Gasteiger partial charge in [-0.2, -0.15) is 0 Å². The summed E-state index contributed by atoms with van der Waals surface area (Å²) in [6.07, 6.45) is 0.778. The highest BCUT2D eigenvalue weighted by molar-refractivity contribution is 5.85. The average molecular weight is 252 g/mol. The highest BCUT2D eigenvalue weighted by Gasteiger charge is 2.33. The van der Waals surface area contributed by atoms with Crippen LogP contribution in [0.1, 0.15) is 23.7 Å². The van der Waals surface area contributed by atoms with Crippen LogP contribution in [0.15, 0.2) is 60.7 Å². The van der Waals surface area contributed by atoms with E-state index in [4.69, 9.17) is 4.74 Å². The summed E-state index contributed by atoms with van der Waals surface area (Å²) in [4.78, 5) is 12.0. The standard InChI is InChI=1S/C17H16O2/c18-15-12-16(14-9-5-2-6-10-14)19-17(15)11-13-7-3-1-4-8-13/h1-10,16-17H,11-12H2/t16-,17-/m0/s1. The van der Waals surface area contributed by atoms with Gasteiger partial charge in [0.1, 0.15) is 6.10 Å². The van der Waals surface area contributed by atoms with Gasteiger partial charge in [-0.25, -0.2) is 0 Å². The molecule has 2 aromatic rings. The van der Waals surface area contributed by atoms with Crippen molar-refractivity contribution in [3.8, 4) is 0 Å². The van der Waals surface area contributed by atoms with Gasteiger partial charge in [-0.15, -0.1) is 0 Å². The molecular formula is C17H16O2. The van der Waals surface area contributed by atoms with E-state index in [1.807, 2.05) is 60.7 Å². The van der Waals surface area contributed by atoms with Crippen molar-refractivity contribution in [2.24, 2.45) is 0 Å². The van der Waals surface area contributed by atoms with Crippen molar-refractivity contribution >= 4 is 5.78 Å². The third-order valence-corrected chi connectivity index (χ3v) is 3.51. The summed E-state index contributed by atoms with van der Waals surface area (Å²) < 4.78 is 5.91. The molecule has 3 rings (SSSR count). The summed E-state index contributed by atoms with van der Waals surface area (Å²) in [5, 5.41) is 0. The number of carbonyl (C=O) groups is 1. The number of carbonyl (C=O) groups excluding carboxylic acids is 1. The molecule has 0 amide bonds. The second kappa shape index (κ2) is 5.37. The molecule has 2 aromatic carbocycles. The van der Waals surface area contributed by atoms with Crippen molar-refractivity contribution in [1.29, 1.82) is 0 Å². The van der Waals surface area contributed by atoms with Gasteiger partial charge < -0.3 is 4.74 Å². The first-order valence-electron chi connectivity index (χ1n) is 6.60. The van der Waals surface area contributed by atoms with Crippen LogP contribution in [0.5, 0.6) is 0 Å². The van der Waals surface area contributed by atoms with Crippen LogP contribution in [0.2, 0.25) is 0 Å². The maximum atomic E-state index is 12.0. The lowest BCUT2D eigenvalue weighted by molar-refractivity contribution is -0.122. The molecule has 1 aliphatic heterocycles. The maximum Gasteiger partial charge on any atom is 0.164 e. The summed E-state index contributed by atoms with van der Waals surface area (Å²) in [6.45, 7) is 0. The van der Waals surface area contributed by atoms with E-state index in [0.717, 1.165) is 11.1 Å². The van der Waals surface area contributed by atoms with E-state index in [9.17, 15) is 4.79 Å². The van der Waals surface area contributed by atoms with Gasteiger partial charge in [0.25, 0.3) is 0 Å². The van der Waals surface area contributed by atoms with E-state index in [0.29, 0.717) is 12.8 Å². The summed E-state index contributed by atoms with van der Waals surface area (Å²) in [6, 6.07) is 20.0. The summed E-state index contributed by atoms with van der Waals surface area (Å²) in [7, 11) is 0. The second-order valence-corrected chi connectivity index (χ2v) is 4.88. The molecule has 0 N–H and O–H groups in total. The predicted octanol–water partition coefficient (Wildman–Crippen LogP) is 3.33. The van der Waals surface area contributed by atoms with Crippen LogP contribution in [0.4, 0.5) is 0 Å². The molecule has 0 unspecified atom stereocenters. The molecule has 0 spiro atoms. The fourth-order valence-electron chi connectivity index (χ4n) is 2.49. The van der Waals surface area contributed by atoms with Gasteiger partial charge in [0.05, 0.1) is 6.10 Å². The van der Waals surface area contributed by atoms with Crippen molar-refractivity contribution in [2.45, 2.75) is 25.0 Å². The van der Waals surface area contributed by atoms with Crippen LogP contribution in [-0.4, -0.2) is 11.9 Å². The van der Waals surface area contributed by atoms with Crippen molar-refractivity contribution in [2.75, 3.05) is 0 Å².